The maximum atomic E-state index is 13.2. The Kier molecular flexibility index (Phi) is 4.53. The SMILES string of the molecule is FC(F)=C(F)[Si](Cl)(Cl)c1c(F)c(F)c(F)c(F)c1F. The second-order valence-electron chi connectivity index (χ2n) is 3.09. The standard InChI is InChI=1S/C8Cl2F8Si/c9-19(10,8(18)7(16)17)6-4(14)2(12)1(11)3(13)5(6)15. The van der Waals surface area contributed by atoms with Crippen LogP contribution >= 0.6 is 22.2 Å². The van der Waals surface area contributed by atoms with Crippen molar-refractivity contribution in [2.75, 3.05) is 0 Å². The molecular weight excluding hydrogens is 347 g/mol. The van der Waals surface area contributed by atoms with Crippen LogP contribution in [0.5, 0.6) is 0 Å². The molecule has 0 saturated heterocycles. The van der Waals surface area contributed by atoms with Gasteiger partial charge in [0, 0.05) is 0 Å². The van der Waals surface area contributed by atoms with E-state index in [4.69, 9.17) is 22.2 Å². The summed E-state index contributed by atoms with van der Waals surface area (Å²) in [6, 6.07) is 0. The third-order valence-corrected chi connectivity index (χ3v) is 5.90. The Bertz CT molecular complexity index is 537. The fraction of sp³-hybridized carbons (Fsp3) is 0. The molecular formula is C8Cl2F8Si. The van der Waals surface area contributed by atoms with Crippen molar-refractivity contribution in [3.05, 3.63) is 40.6 Å². The Morgan fingerprint density at radius 1 is 0.684 bits per heavy atom. The predicted octanol–water partition coefficient (Wildman–Crippen LogP) is 4.13. The van der Waals surface area contributed by atoms with E-state index >= 15 is 0 Å². The van der Waals surface area contributed by atoms with E-state index in [0.29, 0.717) is 0 Å². The van der Waals surface area contributed by atoms with Crippen LogP contribution in [0.25, 0.3) is 0 Å². The van der Waals surface area contributed by atoms with Crippen LogP contribution in [0.4, 0.5) is 35.1 Å². The minimum Gasteiger partial charge on any atom is -0.208 e. The zero-order chi connectivity index (χ0) is 15.1. The molecule has 0 unspecified atom stereocenters. The number of benzene rings is 1. The lowest BCUT2D eigenvalue weighted by atomic mass is 10.3. The van der Waals surface area contributed by atoms with Crippen molar-refractivity contribution in [1.82, 2.24) is 0 Å². The summed E-state index contributed by atoms with van der Waals surface area (Å²) in [6.45, 7) is -5.41. The maximum absolute atomic E-state index is 13.2. The summed E-state index contributed by atoms with van der Waals surface area (Å²) < 4.78 is 102. The van der Waals surface area contributed by atoms with Gasteiger partial charge in [-0.2, -0.15) is 8.78 Å². The van der Waals surface area contributed by atoms with Gasteiger partial charge in [0.05, 0.1) is 5.19 Å². The average Bonchev–Trinajstić information content (AvgIpc) is 2.32. The number of rotatable bonds is 2. The molecule has 1 aromatic rings. The quantitative estimate of drug-likeness (QED) is 0.248. The highest BCUT2D eigenvalue weighted by atomic mass is 35.7. The van der Waals surface area contributed by atoms with Crippen LogP contribution < -0.4 is 5.19 Å². The molecule has 0 saturated carbocycles. The van der Waals surface area contributed by atoms with E-state index in [0.717, 1.165) is 0 Å². The molecule has 0 atom stereocenters. The van der Waals surface area contributed by atoms with Gasteiger partial charge in [0.15, 0.2) is 28.7 Å². The zero-order valence-electron chi connectivity index (χ0n) is 8.28. The van der Waals surface area contributed by atoms with Crippen LogP contribution in [0.1, 0.15) is 0 Å². The number of hydrogen-bond acceptors (Lipinski definition) is 0. The first-order valence-corrected chi connectivity index (χ1v) is 8.16. The van der Waals surface area contributed by atoms with Gasteiger partial charge >= 0.3 is 6.69 Å². The summed E-state index contributed by atoms with van der Waals surface area (Å²) in [5, 5.41) is -1.99. The first-order chi connectivity index (χ1) is 8.53. The summed E-state index contributed by atoms with van der Waals surface area (Å²) in [4.78, 5) is 0. The molecule has 0 nitrogen and oxygen atoms in total. The van der Waals surface area contributed by atoms with Crippen molar-refractivity contribution in [1.29, 1.82) is 0 Å². The molecule has 0 aliphatic heterocycles. The lowest BCUT2D eigenvalue weighted by Crippen LogP contribution is -2.44. The van der Waals surface area contributed by atoms with Crippen molar-refractivity contribution < 1.29 is 35.1 Å². The molecule has 11 heteroatoms. The number of halogens is 10. The second kappa shape index (κ2) is 5.29. The zero-order valence-corrected chi connectivity index (χ0v) is 10.8. The summed E-state index contributed by atoms with van der Waals surface area (Å²) in [7, 11) is 0. The average molecular weight is 347 g/mol. The Morgan fingerprint density at radius 2 is 1.00 bits per heavy atom. The van der Waals surface area contributed by atoms with Gasteiger partial charge < -0.3 is 0 Å². The molecule has 0 fully saturated rings. The van der Waals surface area contributed by atoms with E-state index in [1.807, 2.05) is 0 Å². The lowest BCUT2D eigenvalue weighted by Gasteiger charge is -2.17. The first-order valence-electron chi connectivity index (χ1n) is 4.14. The topological polar surface area (TPSA) is 0 Å². The monoisotopic (exact) mass is 346 g/mol. The van der Waals surface area contributed by atoms with Gasteiger partial charge in [-0.05, 0) is 0 Å². The van der Waals surface area contributed by atoms with Crippen molar-refractivity contribution in [2.45, 2.75) is 0 Å². The predicted molar refractivity (Wildman–Crippen MR) is 53.7 cm³/mol. The minimum absolute atomic E-state index is 1.99. The summed E-state index contributed by atoms with van der Waals surface area (Å²) in [5.74, 6) is -12.6. The molecule has 1 rings (SSSR count). The van der Waals surface area contributed by atoms with Crippen molar-refractivity contribution in [3.8, 4) is 0 Å². The molecule has 19 heavy (non-hydrogen) atoms. The van der Waals surface area contributed by atoms with Crippen LogP contribution in [0.3, 0.4) is 0 Å². The largest absolute Gasteiger partial charge is 0.352 e. The molecule has 1 aromatic carbocycles. The van der Waals surface area contributed by atoms with Gasteiger partial charge in [-0.25, -0.2) is 26.3 Å². The molecule has 0 amide bonds. The molecule has 0 aromatic heterocycles. The first kappa shape index (κ1) is 16.3. The third kappa shape index (κ3) is 2.58. The fourth-order valence-electron chi connectivity index (χ4n) is 1.11. The Morgan fingerprint density at radius 3 is 1.32 bits per heavy atom. The van der Waals surface area contributed by atoms with Crippen LogP contribution in [0.2, 0.25) is 0 Å². The van der Waals surface area contributed by atoms with Gasteiger partial charge in [0.25, 0.3) is 6.08 Å². The maximum Gasteiger partial charge on any atom is 0.352 e. The van der Waals surface area contributed by atoms with E-state index < -0.39 is 52.5 Å². The summed E-state index contributed by atoms with van der Waals surface area (Å²) in [6.07, 6.45) is -3.11. The van der Waals surface area contributed by atoms with Gasteiger partial charge in [-0.15, -0.1) is 22.2 Å². The molecule has 0 spiro atoms. The molecule has 0 heterocycles. The highest BCUT2D eigenvalue weighted by Crippen LogP contribution is 2.32. The van der Waals surface area contributed by atoms with Crippen molar-refractivity contribution in [2.24, 2.45) is 0 Å². The third-order valence-electron chi connectivity index (χ3n) is 1.97. The molecule has 0 radical (unpaired) electrons. The van der Waals surface area contributed by atoms with E-state index in [9.17, 15) is 35.1 Å². The smallest absolute Gasteiger partial charge is 0.208 e. The van der Waals surface area contributed by atoms with Gasteiger partial charge in [-0.1, -0.05) is 0 Å². The van der Waals surface area contributed by atoms with Crippen molar-refractivity contribution >= 4 is 34.0 Å². The van der Waals surface area contributed by atoms with Crippen LogP contribution in [0, 0.1) is 29.1 Å². The summed E-state index contributed by atoms with van der Waals surface area (Å²) in [5.41, 5.74) is -2.61. The van der Waals surface area contributed by atoms with Gasteiger partial charge in [-0.3, -0.25) is 0 Å². The van der Waals surface area contributed by atoms with Gasteiger partial charge in [0.2, 0.25) is 5.82 Å². The second-order valence-corrected chi connectivity index (χ2v) is 9.16. The molecule has 0 aliphatic carbocycles. The molecule has 0 aliphatic rings. The normalized spacial score (nSPS) is 11.7. The van der Waals surface area contributed by atoms with Crippen LogP contribution in [-0.4, -0.2) is 6.69 Å². The Hall–Kier alpha value is -0.803. The highest BCUT2D eigenvalue weighted by Gasteiger charge is 2.47. The van der Waals surface area contributed by atoms with E-state index in [1.165, 1.54) is 0 Å². The Balaban J connectivity index is 3.75. The van der Waals surface area contributed by atoms with E-state index in [1.54, 1.807) is 0 Å². The summed E-state index contributed by atoms with van der Waals surface area (Å²) >= 11 is 10.1. The molecule has 0 N–H and O–H groups in total. The minimum atomic E-state index is -5.41. The molecule has 0 bridgehead atoms. The fourth-order valence-corrected chi connectivity index (χ4v) is 3.76. The Labute approximate surface area is 110 Å². The van der Waals surface area contributed by atoms with E-state index in [2.05, 4.69) is 0 Å². The molecule has 106 valence electrons. The lowest BCUT2D eigenvalue weighted by molar-refractivity contribution is 0.382. The van der Waals surface area contributed by atoms with Gasteiger partial charge in [0.1, 0.15) is 0 Å². The van der Waals surface area contributed by atoms with Crippen LogP contribution in [-0.2, 0) is 0 Å². The van der Waals surface area contributed by atoms with Crippen LogP contribution in [0.15, 0.2) is 11.5 Å². The van der Waals surface area contributed by atoms with E-state index in [-0.39, 0.29) is 0 Å². The van der Waals surface area contributed by atoms with Crippen molar-refractivity contribution in [3.63, 3.8) is 0 Å². The highest BCUT2D eigenvalue weighted by molar-refractivity contribution is 7.53. The number of hydrogen-bond donors (Lipinski definition) is 0.